The van der Waals surface area contributed by atoms with Gasteiger partial charge in [0.2, 0.25) is 0 Å². The number of hydrogen-bond donors (Lipinski definition) is 1. The van der Waals surface area contributed by atoms with E-state index in [9.17, 15) is 0 Å². The number of aromatic nitrogens is 2. The van der Waals surface area contributed by atoms with E-state index in [-0.39, 0.29) is 12.1 Å². The first-order chi connectivity index (χ1) is 17.3. The zero-order chi connectivity index (χ0) is 23.6. The fourth-order valence-corrected chi connectivity index (χ4v) is 5.55. The quantitative estimate of drug-likeness (QED) is 0.325. The van der Waals surface area contributed by atoms with Gasteiger partial charge in [0.05, 0.1) is 23.9 Å². The van der Waals surface area contributed by atoms with Crippen LogP contribution in [0.3, 0.4) is 0 Å². The highest BCUT2D eigenvalue weighted by Crippen LogP contribution is 2.42. The summed E-state index contributed by atoms with van der Waals surface area (Å²) in [5.74, 6) is 0.923. The fraction of sp³-hybridized carbons (Fsp3) is 0.241. The average molecular weight is 481 g/mol. The molecule has 2 aliphatic rings. The zero-order valence-corrected chi connectivity index (χ0v) is 20.3. The van der Waals surface area contributed by atoms with E-state index < -0.39 is 0 Å². The third kappa shape index (κ3) is 4.42. The first-order valence-corrected chi connectivity index (χ1v) is 12.7. The lowest BCUT2D eigenvalue weighted by atomic mass is 9.98. The highest BCUT2D eigenvalue weighted by atomic mass is 32.1. The van der Waals surface area contributed by atoms with E-state index in [1.54, 1.807) is 0 Å². The average Bonchev–Trinajstić information content (AvgIpc) is 3.66. The van der Waals surface area contributed by atoms with E-state index in [2.05, 4.69) is 92.8 Å². The Morgan fingerprint density at radius 1 is 0.857 bits per heavy atom. The van der Waals surface area contributed by atoms with Gasteiger partial charge in [-0.3, -0.25) is 4.98 Å². The van der Waals surface area contributed by atoms with Gasteiger partial charge >= 0.3 is 0 Å². The molecule has 2 atom stereocenters. The Balaban J connectivity index is 1.35. The molecule has 6 rings (SSSR count). The molecule has 2 aromatic heterocycles. The maximum absolute atomic E-state index is 6.19. The smallest absolute Gasteiger partial charge is 0.174 e. The summed E-state index contributed by atoms with van der Waals surface area (Å²) in [6.45, 7) is 0. The van der Waals surface area contributed by atoms with E-state index in [1.165, 1.54) is 18.4 Å². The van der Waals surface area contributed by atoms with Crippen molar-refractivity contribution in [2.75, 3.05) is 4.90 Å². The molecule has 1 N–H and O–H groups in total. The van der Waals surface area contributed by atoms with Crippen molar-refractivity contribution in [2.24, 2.45) is 0 Å². The summed E-state index contributed by atoms with van der Waals surface area (Å²) in [7, 11) is 0. The molecule has 0 spiro atoms. The number of benzene rings is 2. The minimum Gasteiger partial charge on any atom is -0.490 e. The lowest BCUT2D eigenvalue weighted by molar-refractivity contribution is 0.210. The molecule has 0 radical (unpaired) electrons. The van der Waals surface area contributed by atoms with Crippen LogP contribution in [0.15, 0.2) is 97.5 Å². The van der Waals surface area contributed by atoms with Crippen molar-refractivity contribution in [3.63, 3.8) is 0 Å². The molecule has 2 aromatic carbocycles. The number of ether oxygens (including phenoxy) is 1. The SMILES string of the molecule is S=C1N[C@@H](c2ccccn2)[C@@H](c2ccn(-c3ccccc3)c2)N1c1ccc(OC2CCCC2)cc1. The Kier molecular flexibility index (Phi) is 5.96. The second kappa shape index (κ2) is 9.55. The van der Waals surface area contributed by atoms with E-state index in [1.807, 2.05) is 24.4 Å². The van der Waals surface area contributed by atoms with Crippen LogP contribution in [-0.4, -0.2) is 20.8 Å². The molecule has 2 fully saturated rings. The normalized spacial score (nSPS) is 20.2. The lowest BCUT2D eigenvalue weighted by Crippen LogP contribution is -2.29. The van der Waals surface area contributed by atoms with Crippen LogP contribution in [0.5, 0.6) is 5.75 Å². The Morgan fingerprint density at radius 2 is 1.63 bits per heavy atom. The minimum atomic E-state index is -0.0651. The zero-order valence-electron chi connectivity index (χ0n) is 19.5. The third-order valence-corrected chi connectivity index (χ3v) is 7.24. The van der Waals surface area contributed by atoms with Crippen molar-refractivity contribution in [3.05, 3.63) is 109 Å². The third-order valence-electron chi connectivity index (χ3n) is 6.93. The molecule has 6 heteroatoms. The number of anilines is 1. The monoisotopic (exact) mass is 480 g/mol. The lowest BCUT2D eigenvalue weighted by Gasteiger charge is -2.27. The number of para-hydroxylation sites is 1. The van der Waals surface area contributed by atoms with Gasteiger partial charge in [0.25, 0.3) is 0 Å². The molecule has 1 aliphatic heterocycles. The molecule has 0 amide bonds. The summed E-state index contributed by atoms with van der Waals surface area (Å²) in [4.78, 5) is 6.87. The molecule has 1 saturated carbocycles. The number of nitrogens with one attached hydrogen (secondary N) is 1. The van der Waals surface area contributed by atoms with E-state index in [0.717, 1.165) is 35.7 Å². The highest BCUT2D eigenvalue weighted by molar-refractivity contribution is 7.80. The summed E-state index contributed by atoms with van der Waals surface area (Å²) in [6, 6.07) is 26.8. The van der Waals surface area contributed by atoms with Gasteiger partial charge in [-0.2, -0.15) is 0 Å². The van der Waals surface area contributed by atoms with E-state index in [0.29, 0.717) is 11.2 Å². The van der Waals surface area contributed by atoms with Crippen LogP contribution in [0.4, 0.5) is 5.69 Å². The van der Waals surface area contributed by atoms with Crippen molar-refractivity contribution in [1.29, 1.82) is 0 Å². The summed E-state index contributed by atoms with van der Waals surface area (Å²) in [6.07, 6.45) is 11.3. The topological polar surface area (TPSA) is 42.3 Å². The van der Waals surface area contributed by atoms with Crippen LogP contribution in [0.2, 0.25) is 0 Å². The first-order valence-electron chi connectivity index (χ1n) is 12.3. The van der Waals surface area contributed by atoms with Crippen molar-refractivity contribution in [1.82, 2.24) is 14.9 Å². The standard InChI is InChI=1S/C29H28N4OS/c35-29-31-27(26-12-6-7-18-30-26)28(21-17-19-32(20-21)22-8-2-1-3-9-22)33(29)23-13-15-25(16-14-23)34-24-10-4-5-11-24/h1-3,6-9,12-20,24,27-28H,4-5,10-11H2,(H,31,35)/t27-,28+/m0/s1. The van der Waals surface area contributed by atoms with Crippen molar-refractivity contribution in [2.45, 2.75) is 43.9 Å². The molecule has 1 saturated heterocycles. The van der Waals surface area contributed by atoms with Gasteiger partial charge in [0, 0.05) is 30.0 Å². The molecule has 35 heavy (non-hydrogen) atoms. The Hall–Kier alpha value is -3.64. The number of pyridine rings is 1. The Morgan fingerprint density at radius 3 is 2.37 bits per heavy atom. The van der Waals surface area contributed by atoms with E-state index in [4.69, 9.17) is 17.0 Å². The number of nitrogens with zero attached hydrogens (tertiary/aromatic N) is 3. The molecule has 3 heterocycles. The molecular formula is C29H28N4OS. The maximum atomic E-state index is 6.19. The molecule has 0 unspecified atom stereocenters. The fourth-order valence-electron chi connectivity index (χ4n) is 5.20. The summed E-state index contributed by atoms with van der Waals surface area (Å²) < 4.78 is 8.35. The Bertz CT molecular complexity index is 1280. The molecule has 0 bridgehead atoms. The van der Waals surface area contributed by atoms with Crippen LogP contribution in [0.1, 0.15) is 49.0 Å². The number of hydrogen-bond acceptors (Lipinski definition) is 3. The number of thiocarbonyl (C=S) groups is 1. The summed E-state index contributed by atoms with van der Waals surface area (Å²) in [5, 5.41) is 4.24. The van der Waals surface area contributed by atoms with Gasteiger partial charge in [0.1, 0.15) is 5.75 Å². The van der Waals surface area contributed by atoms with Crippen molar-refractivity contribution < 1.29 is 4.74 Å². The van der Waals surface area contributed by atoms with Crippen LogP contribution in [0, 0.1) is 0 Å². The second-order valence-corrected chi connectivity index (χ2v) is 9.59. The molecule has 176 valence electrons. The van der Waals surface area contributed by atoms with Crippen LogP contribution in [0.25, 0.3) is 5.69 Å². The highest BCUT2D eigenvalue weighted by Gasteiger charge is 2.41. The summed E-state index contributed by atoms with van der Waals surface area (Å²) in [5.41, 5.74) is 4.30. The van der Waals surface area contributed by atoms with Crippen LogP contribution < -0.4 is 15.0 Å². The predicted octanol–water partition coefficient (Wildman–Crippen LogP) is 6.37. The van der Waals surface area contributed by atoms with Gasteiger partial charge in [-0.15, -0.1) is 0 Å². The Labute approximate surface area is 211 Å². The van der Waals surface area contributed by atoms with Gasteiger partial charge in [-0.1, -0.05) is 24.3 Å². The van der Waals surface area contributed by atoms with Gasteiger partial charge < -0.3 is 19.5 Å². The van der Waals surface area contributed by atoms with Crippen molar-refractivity contribution >= 4 is 23.0 Å². The maximum Gasteiger partial charge on any atom is 0.174 e. The summed E-state index contributed by atoms with van der Waals surface area (Å²) >= 11 is 5.87. The largest absolute Gasteiger partial charge is 0.490 e. The molecular weight excluding hydrogens is 452 g/mol. The second-order valence-electron chi connectivity index (χ2n) is 9.20. The van der Waals surface area contributed by atoms with Gasteiger partial charge in [0.15, 0.2) is 5.11 Å². The van der Waals surface area contributed by atoms with Gasteiger partial charge in [-0.05, 0) is 98.1 Å². The molecule has 1 aliphatic carbocycles. The van der Waals surface area contributed by atoms with Crippen LogP contribution in [-0.2, 0) is 0 Å². The minimum absolute atomic E-state index is 0.0380. The van der Waals surface area contributed by atoms with Crippen molar-refractivity contribution in [3.8, 4) is 11.4 Å². The van der Waals surface area contributed by atoms with Crippen LogP contribution >= 0.6 is 12.2 Å². The molecule has 4 aromatic rings. The van der Waals surface area contributed by atoms with E-state index >= 15 is 0 Å². The number of rotatable bonds is 6. The molecule has 5 nitrogen and oxygen atoms in total. The van der Waals surface area contributed by atoms with Gasteiger partial charge in [-0.25, -0.2) is 0 Å². The first kappa shape index (κ1) is 21.9. The predicted molar refractivity (Wildman–Crippen MR) is 143 cm³/mol.